The van der Waals surface area contributed by atoms with Crippen molar-refractivity contribution in [3.05, 3.63) is 178 Å². The van der Waals surface area contributed by atoms with Crippen molar-refractivity contribution in [3.8, 4) is 22.6 Å². The first-order valence-electron chi connectivity index (χ1n) is 20.0. The van der Waals surface area contributed by atoms with E-state index in [-0.39, 0.29) is 0 Å². The predicted molar refractivity (Wildman–Crippen MR) is 255 cm³/mol. The zero-order chi connectivity index (χ0) is 40.8. The van der Waals surface area contributed by atoms with Crippen LogP contribution >= 0.6 is 15.8 Å². The third-order valence-corrected chi connectivity index (χ3v) is 15.8. The van der Waals surface area contributed by atoms with Crippen molar-refractivity contribution >= 4 is 69.2 Å². The van der Waals surface area contributed by atoms with E-state index in [2.05, 4.69) is 189 Å². The average Bonchev–Trinajstić information content (AvgIpc) is 3.16. The highest BCUT2D eigenvalue weighted by Crippen LogP contribution is 2.47. The van der Waals surface area contributed by atoms with Crippen LogP contribution in [0.4, 0.5) is 0 Å². The molecule has 58 heavy (non-hydrogen) atoms. The second-order valence-corrected chi connectivity index (χ2v) is 20.5. The summed E-state index contributed by atoms with van der Waals surface area (Å²) in [4.78, 5) is 0. The minimum atomic E-state index is -1.03. The van der Waals surface area contributed by atoms with E-state index in [4.69, 9.17) is 9.47 Å². The van der Waals surface area contributed by atoms with E-state index in [1.54, 1.807) is 14.2 Å². The Morgan fingerprint density at radius 2 is 0.569 bits per heavy atom. The summed E-state index contributed by atoms with van der Waals surface area (Å²) in [5, 5.41) is 12.8. The van der Waals surface area contributed by atoms with Gasteiger partial charge in [-0.15, -0.1) is 0 Å². The van der Waals surface area contributed by atoms with E-state index in [9.17, 15) is 0 Å². The molecule has 0 heterocycles. The molecule has 8 aromatic rings. The number of methoxy groups -OCH3 is 2. The van der Waals surface area contributed by atoms with E-state index >= 15 is 0 Å². The summed E-state index contributed by atoms with van der Waals surface area (Å²) in [7, 11) is 1.48. The predicted octanol–water partition coefficient (Wildman–Crippen LogP) is 11.7. The molecule has 0 saturated heterocycles. The van der Waals surface area contributed by atoms with Crippen LogP contribution in [0.2, 0.25) is 0 Å². The fourth-order valence-corrected chi connectivity index (χ4v) is 14.6. The van der Waals surface area contributed by atoms with Crippen LogP contribution in [0.15, 0.2) is 133 Å². The van der Waals surface area contributed by atoms with Crippen LogP contribution in [0.25, 0.3) is 32.7 Å². The van der Waals surface area contributed by atoms with Gasteiger partial charge in [-0.3, -0.25) is 0 Å². The second-order valence-electron chi connectivity index (χ2n) is 16.1. The summed E-state index contributed by atoms with van der Waals surface area (Å²) >= 11 is 0. The number of fused-ring (bicyclic) bond motifs is 2. The first-order chi connectivity index (χ1) is 27.9. The summed E-state index contributed by atoms with van der Waals surface area (Å²) in [6.45, 7) is 17.8. The van der Waals surface area contributed by atoms with Gasteiger partial charge in [0.1, 0.15) is 11.5 Å². The number of benzene rings is 8. The Morgan fingerprint density at radius 3 is 0.828 bits per heavy atom. The molecule has 0 saturated carbocycles. The maximum absolute atomic E-state index is 6.03. The topological polar surface area (TPSA) is 18.5 Å². The zero-order valence-electron chi connectivity index (χ0n) is 35.4. The number of hydrogen-bond donors (Lipinski definition) is 0. The largest absolute Gasteiger partial charge is 0.497 e. The number of ether oxygens (including phenoxy) is 2. The van der Waals surface area contributed by atoms with Gasteiger partial charge in [0.25, 0.3) is 0 Å². The van der Waals surface area contributed by atoms with Gasteiger partial charge in [0.2, 0.25) is 0 Å². The molecule has 8 aromatic carbocycles. The van der Waals surface area contributed by atoms with Crippen LogP contribution in [0.1, 0.15) is 44.5 Å². The quantitative estimate of drug-likeness (QED) is 0.136. The zero-order valence-corrected chi connectivity index (χ0v) is 37.2. The van der Waals surface area contributed by atoms with Crippen LogP contribution in [0.5, 0.6) is 11.5 Å². The smallest absolute Gasteiger partial charge is 0.119 e. The Hall–Kier alpha value is -5.26. The highest BCUT2D eigenvalue weighted by molar-refractivity contribution is 7.81. The number of hydrogen-bond acceptors (Lipinski definition) is 2. The number of rotatable bonds is 9. The molecule has 2 nitrogen and oxygen atoms in total. The van der Waals surface area contributed by atoms with Crippen LogP contribution in [-0.4, -0.2) is 14.2 Å². The third kappa shape index (κ3) is 7.82. The minimum absolute atomic E-state index is 0.846. The lowest BCUT2D eigenvalue weighted by Gasteiger charge is -2.29. The van der Waals surface area contributed by atoms with Gasteiger partial charge < -0.3 is 9.47 Å². The first-order valence-corrected chi connectivity index (χ1v) is 22.7. The average molecular weight is 795 g/mol. The van der Waals surface area contributed by atoms with Gasteiger partial charge in [-0.1, -0.05) is 154 Å². The molecule has 0 atom stereocenters. The second kappa shape index (κ2) is 16.2. The molecule has 0 unspecified atom stereocenters. The molecule has 0 aliphatic rings. The normalized spacial score (nSPS) is 11.6. The molecule has 0 aromatic heterocycles. The fraction of sp³-hybridized carbons (Fsp3) is 0.185. The van der Waals surface area contributed by atoms with Crippen LogP contribution in [-0.2, 0) is 0 Å². The molecule has 290 valence electrons. The van der Waals surface area contributed by atoms with Crippen molar-refractivity contribution in [3.63, 3.8) is 0 Å². The van der Waals surface area contributed by atoms with Crippen LogP contribution in [0, 0.1) is 55.4 Å². The fourth-order valence-electron chi connectivity index (χ4n) is 8.90. The van der Waals surface area contributed by atoms with Crippen molar-refractivity contribution in [2.45, 2.75) is 55.4 Å². The minimum Gasteiger partial charge on any atom is -0.497 e. The molecular formula is C54H52O2P2. The lowest BCUT2D eigenvalue weighted by molar-refractivity contribution is 0.415. The summed E-state index contributed by atoms with van der Waals surface area (Å²) in [6.07, 6.45) is 0. The van der Waals surface area contributed by atoms with Crippen molar-refractivity contribution in [1.29, 1.82) is 0 Å². The Morgan fingerprint density at radius 1 is 0.310 bits per heavy atom. The van der Waals surface area contributed by atoms with E-state index < -0.39 is 15.8 Å². The molecule has 0 fully saturated rings. The lowest BCUT2D eigenvalue weighted by atomic mass is 9.93. The summed E-state index contributed by atoms with van der Waals surface area (Å²) in [6, 6.07) is 51.2. The van der Waals surface area contributed by atoms with E-state index in [1.807, 2.05) is 0 Å². The van der Waals surface area contributed by atoms with Gasteiger partial charge >= 0.3 is 0 Å². The molecule has 0 N–H and O–H groups in total. The van der Waals surface area contributed by atoms with Crippen LogP contribution in [0.3, 0.4) is 0 Å². The lowest BCUT2D eigenvalue weighted by Crippen LogP contribution is -2.27. The summed E-state index contributed by atoms with van der Waals surface area (Å²) in [5.41, 5.74) is 12.7. The Labute approximate surface area is 347 Å². The molecule has 4 heteroatoms. The maximum Gasteiger partial charge on any atom is 0.119 e. The van der Waals surface area contributed by atoms with Crippen LogP contribution < -0.4 is 41.3 Å². The molecule has 8 rings (SSSR count). The van der Waals surface area contributed by atoms with E-state index in [1.165, 1.54) is 109 Å². The highest BCUT2D eigenvalue weighted by atomic mass is 31.1. The monoisotopic (exact) mass is 794 g/mol. The van der Waals surface area contributed by atoms with Gasteiger partial charge in [-0.2, -0.15) is 0 Å². The molecule has 0 amide bonds. The molecule has 0 bridgehead atoms. The number of aryl methyl sites for hydroxylation is 8. The van der Waals surface area contributed by atoms with E-state index in [0.29, 0.717) is 0 Å². The van der Waals surface area contributed by atoms with Gasteiger partial charge in [0, 0.05) is 0 Å². The Kier molecular flexibility index (Phi) is 11.0. The molecular weight excluding hydrogens is 743 g/mol. The first kappa shape index (κ1) is 39.6. The van der Waals surface area contributed by atoms with Gasteiger partial charge in [0.05, 0.1) is 14.2 Å². The van der Waals surface area contributed by atoms with Gasteiger partial charge in [-0.25, -0.2) is 0 Å². The van der Waals surface area contributed by atoms with Crippen molar-refractivity contribution in [2.24, 2.45) is 0 Å². The van der Waals surface area contributed by atoms with Crippen molar-refractivity contribution in [2.75, 3.05) is 14.2 Å². The molecule has 0 aliphatic carbocycles. The third-order valence-electron chi connectivity index (χ3n) is 11.0. The van der Waals surface area contributed by atoms with Crippen molar-refractivity contribution < 1.29 is 9.47 Å². The molecule has 0 aliphatic heterocycles. The standard InChI is InChI=1S/C54H52O2P2/c1-33-19-34(2)24-45(23-33)57(46-25-35(3)20-36(4)26-46)51-17-13-41-11-15-43(55-9)31-49(41)53(51)54-50-32-44(56-10)16-12-42(50)14-18-52(54)58(47-27-37(5)21-38(6)28-47)48-29-39(7)22-40(8)30-48/h11-32H,1-10H3. The summed E-state index contributed by atoms with van der Waals surface area (Å²) < 4.78 is 12.1. The van der Waals surface area contributed by atoms with Gasteiger partial charge in [0.15, 0.2) is 0 Å². The van der Waals surface area contributed by atoms with E-state index in [0.717, 1.165) is 11.5 Å². The molecule has 0 spiro atoms. The highest BCUT2D eigenvalue weighted by Gasteiger charge is 2.29. The summed E-state index contributed by atoms with van der Waals surface area (Å²) in [5.74, 6) is 1.69. The Bertz CT molecular complexity index is 2490. The Balaban J connectivity index is 1.61. The van der Waals surface area contributed by atoms with Gasteiger partial charge in [-0.05, 0) is 160 Å². The maximum atomic E-state index is 6.03. The molecule has 0 radical (unpaired) electrons. The SMILES string of the molecule is COc1ccc2ccc(P(c3cc(C)cc(C)c3)c3cc(C)cc(C)c3)c(-c3c(P(c4cc(C)cc(C)c4)c4cc(C)cc(C)c4)ccc4ccc(OC)cc34)c2c1. The van der Waals surface area contributed by atoms with Crippen molar-refractivity contribution in [1.82, 2.24) is 0 Å².